The maximum atomic E-state index is 14.2. The van der Waals surface area contributed by atoms with Gasteiger partial charge < -0.3 is 24.7 Å². The molecule has 0 radical (unpaired) electrons. The highest BCUT2D eigenvalue weighted by atomic mass is 32.2. The number of nitrogens with zero attached hydrogens (tertiary/aromatic N) is 4. The number of ether oxygens (including phenoxy) is 2. The highest BCUT2D eigenvalue weighted by Gasteiger charge is 2.51. The molecular formula is C41H55N7O5S. The molecule has 2 amide bonds. The van der Waals surface area contributed by atoms with E-state index in [1.807, 2.05) is 26.2 Å². The number of cyclic esters (lactones) is 1. The first kappa shape index (κ1) is 38.5. The minimum atomic E-state index is -0.816. The van der Waals surface area contributed by atoms with Crippen LogP contribution in [0.4, 0.5) is 0 Å². The van der Waals surface area contributed by atoms with Gasteiger partial charge in [0.1, 0.15) is 12.1 Å². The molecule has 4 aliphatic rings. The number of nitrogens with one attached hydrogen (secondary N) is 3. The van der Waals surface area contributed by atoms with E-state index in [0.29, 0.717) is 25.8 Å². The lowest BCUT2D eigenvalue weighted by Gasteiger charge is -2.35. The molecule has 7 rings (SSSR count). The molecule has 5 heterocycles. The molecule has 2 aromatic heterocycles. The lowest BCUT2D eigenvalue weighted by atomic mass is 9.84. The van der Waals surface area contributed by atoms with Crippen LogP contribution in [-0.4, -0.2) is 89.1 Å². The number of hydrogen-bond donors (Lipinski definition) is 3. The van der Waals surface area contributed by atoms with Gasteiger partial charge in [-0.15, -0.1) is 11.8 Å². The highest BCUT2D eigenvalue weighted by Crippen LogP contribution is 2.46. The lowest BCUT2D eigenvalue weighted by molar-refractivity contribution is -0.155. The first-order chi connectivity index (χ1) is 25.9. The van der Waals surface area contributed by atoms with Crippen molar-refractivity contribution in [1.82, 2.24) is 30.6 Å². The molecule has 1 aliphatic carbocycles. The molecule has 0 spiro atoms. The third-order valence-electron chi connectivity index (χ3n) is 11.7. The van der Waals surface area contributed by atoms with E-state index >= 15 is 0 Å². The molecule has 290 valence electrons. The fourth-order valence-corrected chi connectivity index (χ4v) is 9.70. The molecule has 2 fully saturated rings. The van der Waals surface area contributed by atoms with Crippen molar-refractivity contribution in [3.63, 3.8) is 0 Å². The third kappa shape index (κ3) is 7.56. The number of benzene rings is 1. The number of hydrogen-bond acceptors (Lipinski definition) is 10. The second kappa shape index (κ2) is 15.8. The first-order valence-corrected chi connectivity index (χ1v) is 20.4. The van der Waals surface area contributed by atoms with Gasteiger partial charge >= 0.3 is 5.97 Å². The molecule has 1 aromatic carbocycles. The van der Waals surface area contributed by atoms with Gasteiger partial charge in [0.05, 0.1) is 35.2 Å². The van der Waals surface area contributed by atoms with E-state index in [9.17, 15) is 14.4 Å². The number of carbonyl (C=O) groups excluding carboxylic acids is 3. The van der Waals surface area contributed by atoms with Crippen molar-refractivity contribution in [1.29, 1.82) is 0 Å². The minimum absolute atomic E-state index is 0.0987. The maximum absolute atomic E-state index is 14.2. The summed E-state index contributed by atoms with van der Waals surface area (Å²) >= 11 is 1.65. The van der Waals surface area contributed by atoms with Crippen molar-refractivity contribution in [3.05, 3.63) is 53.3 Å². The van der Waals surface area contributed by atoms with Crippen molar-refractivity contribution in [2.75, 3.05) is 39.6 Å². The number of thioether (sulfide) groups is 1. The smallest absolute Gasteiger partial charge is 0.324 e. The average molecular weight is 758 g/mol. The number of esters is 1. The Morgan fingerprint density at radius 2 is 2.06 bits per heavy atom. The Labute approximate surface area is 322 Å². The van der Waals surface area contributed by atoms with Crippen molar-refractivity contribution < 1.29 is 23.9 Å². The van der Waals surface area contributed by atoms with Crippen LogP contribution in [0.15, 0.2) is 41.5 Å². The summed E-state index contributed by atoms with van der Waals surface area (Å²) in [4.78, 5) is 51.5. The second-order valence-corrected chi connectivity index (χ2v) is 17.2. The molecule has 12 nitrogen and oxygen atoms in total. The largest absolute Gasteiger partial charge is 0.464 e. The quantitative estimate of drug-likeness (QED) is 0.264. The second-order valence-electron chi connectivity index (χ2n) is 16.1. The summed E-state index contributed by atoms with van der Waals surface area (Å²) in [6.45, 7) is 12.7. The van der Waals surface area contributed by atoms with E-state index in [-0.39, 0.29) is 60.7 Å². The molecule has 6 bridgehead atoms. The van der Waals surface area contributed by atoms with Crippen LogP contribution in [0.5, 0.6) is 0 Å². The first-order valence-electron chi connectivity index (χ1n) is 19.5. The van der Waals surface area contributed by atoms with Crippen LogP contribution in [0, 0.1) is 23.2 Å². The van der Waals surface area contributed by atoms with Gasteiger partial charge in [-0.25, -0.2) is 5.43 Å². The number of aromatic nitrogens is 2. The molecule has 54 heavy (non-hydrogen) atoms. The van der Waals surface area contributed by atoms with Crippen LogP contribution in [-0.2, 0) is 36.8 Å². The van der Waals surface area contributed by atoms with Crippen molar-refractivity contribution in [3.8, 4) is 11.3 Å². The summed E-state index contributed by atoms with van der Waals surface area (Å²) < 4.78 is 14.2. The summed E-state index contributed by atoms with van der Waals surface area (Å²) in [7, 11) is 3.60. The molecule has 13 heteroatoms. The van der Waals surface area contributed by atoms with Gasteiger partial charge in [0.15, 0.2) is 0 Å². The standard InChI is InChI=1S/C41H55N7O5S/c1-8-47-33-14-13-25-17-27(33)28(37(47)26-11-9-15-43-36(26)24(3)52-7)19-41(4,5)22-53-40(51)30-12-10-16-48(46-30)39(50)31(18-34-44-32(25)21-54-34)45-38(49)35-23(2)29(35)20-42-6/h9,11,13-15,17,23-24,29-32,35,42,46H,8,10,12,16,18-22H2,1-7H3,(H,45,49)/t23-,24-,29+,30-,31-,32?,35+/m0/s1. The Bertz CT molecular complexity index is 1940. The van der Waals surface area contributed by atoms with Gasteiger partial charge in [0.25, 0.3) is 5.91 Å². The van der Waals surface area contributed by atoms with E-state index in [2.05, 4.69) is 72.6 Å². The van der Waals surface area contributed by atoms with Gasteiger partial charge in [-0.3, -0.25) is 29.4 Å². The fourth-order valence-electron chi connectivity index (χ4n) is 8.59. The predicted molar refractivity (Wildman–Crippen MR) is 212 cm³/mol. The molecule has 3 aromatic rings. The molecule has 3 aliphatic heterocycles. The zero-order valence-corrected chi connectivity index (χ0v) is 33.4. The third-order valence-corrected chi connectivity index (χ3v) is 12.8. The number of rotatable bonds is 8. The predicted octanol–water partition coefficient (Wildman–Crippen LogP) is 5.21. The van der Waals surface area contributed by atoms with Crippen LogP contribution >= 0.6 is 11.8 Å². The number of fused-ring (bicyclic) bond motifs is 5. The Morgan fingerprint density at radius 1 is 1.24 bits per heavy atom. The van der Waals surface area contributed by atoms with Gasteiger partial charge in [-0.1, -0.05) is 26.8 Å². The Kier molecular flexibility index (Phi) is 11.2. The average Bonchev–Trinajstić information content (AvgIpc) is 3.45. The Balaban J connectivity index is 1.31. The SMILES string of the molecule is CCn1c(-c2cccnc2[C@H](C)OC)c2c3cc(ccc31)C1CSC(=N1)C[C@H](NC(=O)[C@@H]1[C@@H](C)[C@H]1CNC)C(=O)N1CCC[C@H](N1)C(=O)OCC(C)(C)C2. The lowest BCUT2D eigenvalue weighted by Crippen LogP contribution is -2.60. The van der Waals surface area contributed by atoms with Gasteiger partial charge in [0.2, 0.25) is 5.91 Å². The fraction of sp³-hybridized carbons (Fsp3) is 0.585. The van der Waals surface area contributed by atoms with Gasteiger partial charge in [-0.05, 0) is 93.9 Å². The minimum Gasteiger partial charge on any atom is -0.464 e. The zero-order valence-electron chi connectivity index (χ0n) is 32.6. The van der Waals surface area contributed by atoms with Crippen molar-refractivity contribution in [2.24, 2.45) is 28.2 Å². The number of hydrazine groups is 1. The number of aliphatic imine (C=N–C) groups is 1. The van der Waals surface area contributed by atoms with Crippen LogP contribution < -0.4 is 16.1 Å². The molecule has 1 saturated heterocycles. The van der Waals surface area contributed by atoms with E-state index in [4.69, 9.17) is 19.5 Å². The van der Waals surface area contributed by atoms with E-state index < -0.39 is 17.5 Å². The summed E-state index contributed by atoms with van der Waals surface area (Å²) in [5.74, 6) is 0.317. The molecule has 1 saturated carbocycles. The number of pyridine rings is 1. The van der Waals surface area contributed by atoms with Crippen molar-refractivity contribution in [2.45, 2.75) is 91.1 Å². The Morgan fingerprint density at radius 3 is 2.81 bits per heavy atom. The molecule has 3 N–H and O–H groups in total. The van der Waals surface area contributed by atoms with Crippen LogP contribution in [0.2, 0.25) is 0 Å². The van der Waals surface area contributed by atoms with Crippen molar-refractivity contribution >= 4 is 45.5 Å². The number of methoxy groups -OCH3 is 1. The summed E-state index contributed by atoms with van der Waals surface area (Å²) in [6.07, 6.45) is 3.72. The number of aryl methyl sites for hydroxylation is 1. The summed E-state index contributed by atoms with van der Waals surface area (Å²) in [6, 6.07) is 9.16. The van der Waals surface area contributed by atoms with Gasteiger partial charge in [0, 0.05) is 66.4 Å². The monoisotopic (exact) mass is 757 g/mol. The van der Waals surface area contributed by atoms with E-state index in [1.165, 1.54) is 10.6 Å². The molecule has 7 atom stereocenters. The topological polar surface area (TPSA) is 139 Å². The highest BCUT2D eigenvalue weighted by molar-refractivity contribution is 8.14. The Hall–Kier alpha value is -3.78. The van der Waals surface area contributed by atoms with Crippen LogP contribution in [0.25, 0.3) is 22.2 Å². The molecule has 1 unspecified atom stereocenters. The number of amides is 2. The number of carbonyl (C=O) groups is 3. The van der Waals surface area contributed by atoms with E-state index in [0.717, 1.165) is 57.3 Å². The van der Waals surface area contributed by atoms with E-state index in [1.54, 1.807) is 18.9 Å². The zero-order chi connectivity index (χ0) is 38.3. The summed E-state index contributed by atoms with van der Waals surface area (Å²) in [5.41, 5.74) is 9.12. The maximum Gasteiger partial charge on any atom is 0.324 e. The molecular weight excluding hydrogens is 703 g/mol. The van der Waals surface area contributed by atoms with Gasteiger partial charge in [-0.2, -0.15) is 0 Å². The summed E-state index contributed by atoms with van der Waals surface area (Å²) in [5, 5.41) is 9.79. The van der Waals surface area contributed by atoms with Crippen LogP contribution in [0.1, 0.15) is 82.8 Å². The van der Waals surface area contributed by atoms with Crippen LogP contribution in [0.3, 0.4) is 0 Å². The normalized spacial score (nSPS) is 27.6.